The SMILES string of the molecule is COc1cc2c(N3CCN(C(=O)O)C[C@@H]3C)nc(=O)n3c2c(c1-c1ccc(F)cc1F)SCC3. The highest BCUT2D eigenvalue weighted by Gasteiger charge is 2.32. The van der Waals surface area contributed by atoms with Crippen molar-refractivity contribution >= 4 is 34.6 Å². The van der Waals surface area contributed by atoms with E-state index in [1.165, 1.54) is 35.9 Å². The zero-order valence-corrected chi connectivity index (χ0v) is 19.4. The molecule has 2 aromatic carbocycles. The molecule has 1 aromatic heterocycles. The van der Waals surface area contributed by atoms with Gasteiger partial charge in [0.15, 0.2) is 0 Å². The minimum atomic E-state index is -0.986. The Labute approximate surface area is 197 Å². The van der Waals surface area contributed by atoms with Gasteiger partial charge in [0.05, 0.1) is 12.6 Å². The Hall–Kier alpha value is -3.34. The van der Waals surface area contributed by atoms with Crippen molar-refractivity contribution in [1.82, 2.24) is 14.5 Å². The first-order valence-electron chi connectivity index (χ1n) is 10.8. The molecule has 2 aliphatic heterocycles. The number of benzene rings is 2. The number of methoxy groups -OCH3 is 1. The van der Waals surface area contributed by atoms with Crippen molar-refractivity contribution in [2.75, 3.05) is 37.4 Å². The molecule has 5 rings (SSSR count). The molecule has 34 heavy (non-hydrogen) atoms. The number of anilines is 1. The molecule has 0 radical (unpaired) electrons. The standard InChI is InChI=1S/C23H22F2N4O4S/c1-12-11-27(23(31)32)5-6-28(12)21-15-10-17(33-2)18(14-4-3-13(24)9-16(14)25)20-19(15)29(7-8-34-20)22(30)26-21/h3-4,9-10,12H,5-8,11H2,1-2H3,(H,31,32)/t12-/m0/s1. The summed E-state index contributed by atoms with van der Waals surface area (Å²) in [6, 6.07) is 4.91. The maximum absolute atomic E-state index is 14.8. The minimum absolute atomic E-state index is 0.186. The van der Waals surface area contributed by atoms with E-state index < -0.39 is 23.4 Å². The number of thioether (sulfide) groups is 1. The number of aryl methyl sites for hydroxylation is 1. The molecule has 1 amide bonds. The molecule has 1 atom stereocenters. The van der Waals surface area contributed by atoms with Crippen molar-refractivity contribution in [3.05, 3.63) is 46.4 Å². The molecule has 11 heteroatoms. The number of hydrogen-bond acceptors (Lipinski definition) is 6. The van der Waals surface area contributed by atoms with Gasteiger partial charge in [-0.3, -0.25) is 4.57 Å². The van der Waals surface area contributed by atoms with Crippen molar-refractivity contribution in [2.24, 2.45) is 0 Å². The summed E-state index contributed by atoms with van der Waals surface area (Å²) in [4.78, 5) is 32.8. The third kappa shape index (κ3) is 3.54. The number of halogens is 2. The van der Waals surface area contributed by atoms with E-state index in [2.05, 4.69) is 4.98 Å². The summed E-state index contributed by atoms with van der Waals surface area (Å²) in [7, 11) is 1.48. The smallest absolute Gasteiger partial charge is 0.407 e. The van der Waals surface area contributed by atoms with Crippen LogP contribution in [0.15, 0.2) is 34.0 Å². The van der Waals surface area contributed by atoms with E-state index in [-0.39, 0.29) is 24.7 Å². The molecule has 1 N–H and O–H groups in total. The zero-order valence-electron chi connectivity index (χ0n) is 18.5. The van der Waals surface area contributed by atoms with Crippen LogP contribution in [-0.2, 0) is 6.54 Å². The van der Waals surface area contributed by atoms with Crippen LogP contribution in [0.25, 0.3) is 22.0 Å². The molecule has 3 aromatic rings. The maximum atomic E-state index is 14.8. The Balaban J connectivity index is 1.77. The molecule has 1 fully saturated rings. The molecular weight excluding hydrogens is 466 g/mol. The Morgan fingerprint density at radius 3 is 2.71 bits per heavy atom. The summed E-state index contributed by atoms with van der Waals surface area (Å²) in [6.45, 7) is 3.26. The number of nitrogens with zero attached hydrogens (tertiary/aromatic N) is 4. The van der Waals surface area contributed by atoms with Crippen molar-refractivity contribution in [3.8, 4) is 16.9 Å². The Bertz CT molecular complexity index is 1380. The Kier molecular flexibility index (Phi) is 5.59. The lowest BCUT2D eigenvalue weighted by molar-refractivity contribution is 0.136. The summed E-state index contributed by atoms with van der Waals surface area (Å²) in [5.41, 5.74) is 0.850. The van der Waals surface area contributed by atoms with E-state index in [0.717, 1.165) is 6.07 Å². The normalized spacial score (nSPS) is 17.8. The second-order valence-corrected chi connectivity index (χ2v) is 9.40. The molecule has 0 bridgehead atoms. The molecule has 0 aliphatic carbocycles. The fraction of sp³-hybridized carbons (Fsp3) is 0.348. The number of aromatic nitrogens is 2. The van der Waals surface area contributed by atoms with Crippen LogP contribution in [0.4, 0.5) is 19.4 Å². The third-order valence-corrected chi connectivity index (χ3v) is 7.39. The quantitative estimate of drug-likeness (QED) is 0.602. The zero-order chi connectivity index (χ0) is 24.1. The monoisotopic (exact) mass is 488 g/mol. The fourth-order valence-electron chi connectivity index (χ4n) is 4.73. The lowest BCUT2D eigenvalue weighted by Crippen LogP contribution is -2.54. The summed E-state index contributed by atoms with van der Waals surface area (Å²) in [6.07, 6.45) is -0.986. The number of carboxylic acid groups (broad SMARTS) is 1. The van der Waals surface area contributed by atoms with Gasteiger partial charge in [-0.2, -0.15) is 4.98 Å². The predicted molar refractivity (Wildman–Crippen MR) is 125 cm³/mol. The van der Waals surface area contributed by atoms with E-state index in [4.69, 9.17) is 4.74 Å². The van der Waals surface area contributed by atoms with Crippen molar-refractivity contribution in [1.29, 1.82) is 0 Å². The van der Waals surface area contributed by atoms with Crippen LogP contribution in [0.1, 0.15) is 6.92 Å². The van der Waals surface area contributed by atoms with Gasteiger partial charge < -0.3 is 19.6 Å². The van der Waals surface area contributed by atoms with Gasteiger partial charge in [0.1, 0.15) is 23.2 Å². The summed E-state index contributed by atoms with van der Waals surface area (Å²) in [5, 5.41) is 10.0. The lowest BCUT2D eigenvalue weighted by Gasteiger charge is -2.40. The Morgan fingerprint density at radius 2 is 2.03 bits per heavy atom. The van der Waals surface area contributed by atoms with Gasteiger partial charge in [-0.25, -0.2) is 18.4 Å². The number of amides is 1. The molecule has 8 nitrogen and oxygen atoms in total. The summed E-state index contributed by atoms with van der Waals surface area (Å²) >= 11 is 1.48. The molecule has 0 saturated carbocycles. The van der Waals surface area contributed by atoms with Crippen LogP contribution in [-0.4, -0.2) is 64.2 Å². The summed E-state index contributed by atoms with van der Waals surface area (Å²) < 4.78 is 35.7. The third-order valence-electron chi connectivity index (χ3n) is 6.31. The highest BCUT2D eigenvalue weighted by molar-refractivity contribution is 7.99. The van der Waals surface area contributed by atoms with Crippen LogP contribution in [0.5, 0.6) is 5.75 Å². The first-order chi connectivity index (χ1) is 16.3. The highest BCUT2D eigenvalue weighted by Crippen LogP contribution is 2.47. The lowest BCUT2D eigenvalue weighted by atomic mass is 10.0. The average molecular weight is 489 g/mol. The number of piperazine rings is 1. The number of rotatable bonds is 3. The van der Waals surface area contributed by atoms with E-state index >= 15 is 0 Å². The van der Waals surface area contributed by atoms with Crippen LogP contribution in [0.3, 0.4) is 0 Å². The average Bonchev–Trinajstić information content (AvgIpc) is 2.81. The van der Waals surface area contributed by atoms with Crippen molar-refractivity contribution < 1.29 is 23.4 Å². The molecule has 3 heterocycles. The summed E-state index contributed by atoms with van der Waals surface area (Å²) in [5.74, 6) is 0.0102. The second kappa shape index (κ2) is 8.46. The van der Waals surface area contributed by atoms with Crippen LogP contribution in [0.2, 0.25) is 0 Å². The minimum Gasteiger partial charge on any atom is -0.496 e. The van der Waals surface area contributed by atoms with Crippen LogP contribution in [0, 0.1) is 11.6 Å². The first kappa shape index (κ1) is 22.5. The van der Waals surface area contributed by atoms with E-state index in [1.54, 1.807) is 10.6 Å². The van der Waals surface area contributed by atoms with E-state index in [9.17, 15) is 23.5 Å². The molecule has 178 valence electrons. The van der Waals surface area contributed by atoms with Gasteiger partial charge in [-0.1, -0.05) is 0 Å². The number of hydrogen-bond donors (Lipinski definition) is 1. The molecule has 1 saturated heterocycles. The number of ether oxygens (including phenoxy) is 1. The van der Waals surface area contributed by atoms with Gasteiger partial charge in [0.25, 0.3) is 0 Å². The second-order valence-electron chi connectivity index (χ2n) is 8.29. The van der Waals surface area contributed by atoms with Gasteiger partial charge in [0, 0.05) is 65.4 Å². The largest absolute Gasteiger partial charge is 0.496 e. The fourth-order valence-corrected chi connectivity index (χ4v) is 5.92. The Morgan fingerprint density at radius 1 is 1.24 bits per heavy atom. The van der Waals surface area contributed by atoms with Gasteiger partial charge in [-0.05, 0) is 25.1 Å². The first-order valence-corrected chi connectivity index (χ1v) is 11.8. The van der Waals surface area contributed by atoms with Crippen molar-refractivity contribution in [3.63, 3.8) is 0 Å². The van der Waals surface area contributed by atoms with Gasteiger partial charge in [-0.15, -0.1) is 11.8 Å². The molecule has 0 unspecified atom stereocenters. The van der Waals surface area contributed by atoms with E-state index in [0.29, 0.717) is 51.8 Å². The van der Waals surface area contributed by atoms with Gasteiger partial charge >= 0.3 is 11.8 Å². The maximum Gasteiger partial charge on any atom is 0.407 e. The predicted octanol–water partition coefficient (Wildman–Crippen LogP) is 3.64. The van der Waals surface area contributed by atoms with Crippen molar-refractivity contribution in [2.45, 2.75) is 24.4 Å². The molecule has 2 aliphatic rings. The topological polar surface area (TPSA) is 87.9 Å². The molecular formula is C23H22F2N4O4S. The van der Waals surface area contributed by atoms with Gasteiger partial charge in [0.2, 0.25) is 0 Å². The highest BCUT2D eigenvalue weighted by atomic mass is 32.2. The number of carbonyl (C=O) groups is 1. The van der Waals surface area contributed by atoms with E-state index in [1.807, 2.05) is 11.8 Å². The molecule has 0 spiro atoms. The van der Waals surface area contributed by atoms with Crippen LogP contribution >= 0.6 is 11.8 Å². The van der Waals surface area contributed by atoms with Crippen LogP contribution < -0.4 is 15.3 Å².